The topological polar surface area (TPSA) is 15.3 Å². The first-order valence-electron chi connectivity index (χ1n) is 5.97. The Morgan fingerprint density at radius 2 is 2.24 bits per heavy atom. The fourth-order valence-corrected chi connectivity index (χ4v) is 4.14. The van der Waals surface area contributed by atoms with Crippen LogP contribution in [0.15, 0.2) is 15.2 Å². The highest BCUT2D eigenvalue weighted by molar-refractivity contribution is 9.11. The Labute approximate surface area is 121 Å². The summed E-state index contributed by atoms with van der Waals surface area (Å²) in [4.78, 5) is 2.61. The van der Waals surface area contributed by atoms with Gasteiger partial charge in [-0.3, -0.25) is 4.90 Å². The molecule has 2 saturated heterocycles. The molecule has 0 radical (unpaired) electrons. The van der Waals surface area contributed by atoms with Crippen molar-refractivity contribution in [2.75, 3.05) is 26.2 Å². The van der Waals surface area contributed by atoms with Crippen molar-refractivity contribution in [3.8, 4) is 0 Å². The third-order valence-corrected chi connectivity index (χ3v) is 5.37. The molecule has 3 rings (SSSR count). The molecule has 2 unspecified atom stereocenters. The Morgan fingerprint density at radius 3 is 3.00 bits per heavy atom. The van der Waals surface area contributed by atoms with E-state index in [-0.39, 0.29) is 12.4 Å². The molecule has 2 aliphatic heterocycles. The lowest BCUT2D eigenvalue weighted by molar-refractivity contribution is 0.142. The van der Waals surface area contributed by atoms with Crippen molar-refractivity contribution >= 4 is 39.7 Å². The Morgan fingerprint density at radius 1 is 1.41 bits per heavy atom. The summed E-state index contributed by atoms with van der Waals surface area (Å²) in [6, 6.07) is 2.25. The summed E-state index contributed by atoms with van der Waals surface area (Å²) >= 11 is 5.32. The number of hydrogen-bond donors (Lipinski definition) is 1. The SMILES string of the molecule is Brc1cc(CN2CCC3CNCC3C2)cs1.Cl. The van der Waals surface area contributed by atoms with Crippen LogP contribution >= 0.6 is 39.7 Å². The van der Waals surface area contributed by atoms with Crippen molar-refractivity contribution in [3.63, 3.8) is 0 Å². The summed E-state index contributed by atoms with van der Waals surface area (Å²) in [6.45, 7) is 6.17. The smallest absolute Gasteiger partial charge is 0.0701 e. The van der Waals surface area contributed by atoms with E-state index in [0.717, 1.165) is 18.4 Å². The molecule has 5 heteroatoms. The summed E-state index contributed by atoms with van der Waals surface area (Å²) in [6.07, 6.45) is 1.38. The zero-order valence-electron chi connectivity index (χ0n) is 9.69. The highest BCUT2D eigenvalue weighted by Crippen LogP contribution is 2.28. The molecule has 1 aromatic heterocycles. The number of nitrogens with zero attached hydrogens (tertiary/aromatic N) is 1. The van der Waals surface area contributed by atoms with E-state index in [1.54, 1.807) is 11.3 Å². The zero-order valence-corrected chi connectivity index (χ0v) is 12.9. The van der Waals surface area contributed by atoms with Gasteiger partial charge in [-0.25, -0.2) is 0 Å². The molecule has 2 aliphatic rings. The zero-order chi connectivity index (χ0) is 11.0. The van der Waals surface area contributed by atoms with Crippen LogP contribution < -0.4 is 5.32 Å². The van der Waals surface area contributed by atoms with Gasteiger partial charge in [0.1, 0.15) is 0 Å². The molecule has 3 heterocycles. The largest absolute Gasteiger partial charge is 0.316 e. The molecule has 96 valence electrons. The molecule has 17 heavy (non-hydrogen) atoms. The minimum atomic E-state index is 0. The predicted molar refractivity (Wildman–Crippen MR) is 79.0 cm³/mol. The van der Waals surface area contributed by atoms with Crippen LogP contribution in [0.5, 0.6) is 0 Å². The lowest BCUT2D eigenvalue weighted by Gasteiger charge is -2.34. The van der Waals surface area contributed by atoms with Crippen LogP contribution in [-0.4, -0.2) is 31.1 Å². The van der Waals surface area contributed by atoms with Gasteiger partial charge in [0, 0.05) is 13.1 Å². The first kappa shape index (κ1) is 13.8. The molecular formula is C12H18BrClN2S. The molecule has 0 aromatic carbocycles. The minimum Gasteiger partial charge on any atom is -0.316 e. The van der Waals surface area contributed by atoms with Crippen molar-refractivity contribution in [2.45, 2.75) is 13.0 Å². The fraction of sp³-hybridized carbons (Fsp3) is 0.667. The van der Waals surface area contributed by atoms with Gasteiger partial charge in [0.25, 0.3) is 0 Å². The summed E-state index contributed by atoms with van der Waals surface area (Å²) < 4.78 is 1.25. The third-order valence-electron chi connectivity index (χ3n) is 3.82. The van der Waals surface area contributed by atoms with Crippen LogP contribution in [0.2, 0.25) is 0 Å². The van der Waals surface area contributed by atoms with E-state index in [1.807, 2.05) is 0 Å². The third kappa shape index (κ3) is 3.24. The number of nitrogens with one attached hydrogen (secondary N) is 1. The van der Waals surface area contributed by atoms with Crippen molar-refractivity contribution in [2.24, 2.45) is 11.8 Å². The predicted octanol–water partition coefficient (Wildman–Crippen LogP) is 2.97. The molecule has 0 aliphatic carbocycles. The second-order valence-electron chi connectivity index (χ2n) is 4.96. The van der Waals surface area contributed by atoms with E-state index >= 15 is 0 Å². The molecule has 1 N–H and O–H groups in total. The van der Waals surface area contributed by atoms with Gasteiger partial charge in [-0.2, -0.15) is 0 Å². The van der Waals surface area contributed by atoms with Crippen LogP contribution in [0.25, 0.3) is 0 Å². The number of likely N-dealkylation sites (tertiary alicyclic amines) is 1. The van der Waals surface area contributed by atoms with Crippen LogP contribution in [0.1, 0.15) is 12.0 Å². The number of rotatable bonds is 2. The van der Waals surface area contributed by atoms with E-state index < -0.39 is 0 Å². The Hall–Kier alpha value is 0.390. The molecular weight excluding hydrogens is 320 g/mol. The van der Waals surface area contributed by atoms with Gasteiger partial charge in [-0.15, -0.1) is 23.7 Å². The summed E-state index contributed by atoms with van der Waals surface area (Å²) in [5.41, 5.74) is 1.46. The van der Waals surface area contributed by atoms with Gasteiger partial charge in [0.05, 0.1) is 3.79 Å². The van der Waals surface area contributed by atoms with Crippen molar-refractivity contribution in [1.29, 1.82) is 0 Å². The van der Waals surface area contributed by atoms with Crippen LogP contribution in [0.3, 0.4) is 0 Å². The summed E-state index contributed by atoms with van der Waals surface area (Å²) in [5, 5.41) is 5.79. The average molecular weight is 338 g/mol. The lowest BCUT2D eigenvalue weighted by atomic mass is 9.88. The number of hydrogen-bond acceptors (Lipinski definition) is 3. The Bertz CT molecular complexity index is 371. The first-order valence-corrected chi connectivity index (χ1v) is 7.64. The molecule has 2 fully saturated rings. The van der Waals surface area contributed by atoms with Crippen molar-refractivity contribution < 1.29 is 0 Å². The first-order chi connectivity index (χ1) is 7.81. The van der Waals surface area contributed by atoms with Gasteiger partial charge in [-0.1, -0.05) is 0 Å². The summed E-state index contributed by atoms with van der Waals surface area (Å²) in [5.74, 6) is 1.85. The Balaban J connectivity index is 0.00000108. The van der Waals surface area contributed by atoms with Gasteiger partial charge >= 0.3 is 0 Å². The Kier molecular flexibility index (Phi) is 4.89. The molecule has 2 atom stereocenters. The standard InChI is InChI=1S/C12H17BrN2S.ClH/c13-12-3-9(8-16-12)6-15-2-1-10-4-14-5-11(10)7-15;/h3,8,10-11,14H,1-2,4-7H2;1H. The molecule has 0 bridgehead atoms. The van der Waals surface area contributed by atoms with Crippen LogP contribution in [0.4, 0.5) is 0 Å². The van der Waals surface area contributed by atoms with Crippen molar-refractivity contribution in [1.82, 2.24) is 10.2 Å². The van der Waals surface area contributed by atoms with E-state index in [4.69, 9.17) is 0 Å². The van der Waals surface area contributed by atoms with E-state index in [1.165, 1.54) is 41.9 Å². The minimum absolute atomic E-state index is 0. The van der Waals surface area contributed by atoms with Gasteiger partial charge in [0.2, 0.25) is 0 Å². The summed E-state index contributed by atoms with van der Waals surface area (Å²) in [7, 11) is 0. The number of thiophene rings is 1. The van der Waals surface area contributed by atoms with Crippen molar-refractivity contribution in [3.05, 3.63) is 20.8 Å². The van der Waals surface area contributed by atoms with Crippen LogP contribution in [0, 0.1) is 11.8 Å². The van der Waals surface area contributed by atoms with Gasteiger partial charge < -0.3 is 5.32 Å². The monoisotopic (exact) mass is 336 g/mol. The number of halogens is 2. The van der Waals surface area contributed by atoms with Crippen LogP contribution in [-0.2, 0) is 6.54 Å². The molecule has 0 amide bonds. The number of fused-ring (bicyclic) bond motifs is 1. The fourth-order valence-electron chi connectivity index (χ4n) is 2.94. The second kappa shape index (κ2) is 6.02. The van der Waals surface area contributed by atoms with Gasteiger partial charge in [0.15, 0.2) is 0 Å². The molecule has 0 saturated carbocycles. The molecule has 2 nitrogen and oxygen atoms in total. The lowest BCUT2D eigenvalue weighted by Crippen LogP contribution is -2.39. The highest BCUT2D eigenvalue weighted by Gasteiger charge is 2.32. The number of piperidine rings is 1. The normalized spacial score (nSPS) is 28.8. The highest BCUT2D eigenvalue weighted by atomic mass is 79.9. The molecule has 1 aromatic rings. The second-order valence-corrected chi connectivity index (χ2v) is 7.25. The van der Waals surface area contributed by atoms with E-state index in [0.29, 0.717) is 0 Å². The maximum Gasteiger partial charge on any atom is 0.0701 e. The maximum absolute atomic E-state index is 3.53. The van der Waals surface area contributed by atoms with Gasteiger partial charge in [-0.05, 0) is 70.8 Å². The maximum atomic E-state index is 3.53. The van der Waals surface area contributed by atoms with E-state index in [2.05, 4.69) is 37.6 Å². The van der Waals surface area contributed by atoms with E-state index in [9.17, 15) is 0 Å². The quantitative estimate of drug-likeness (QED) is 0.892. The average Bonchev–Trinajstić information content (AvgIpc) is 2.87. The molecule has 0 spiro atoms.